The SMILES string of the molecule is C1=CC2CCC1C2.C1=CC2CCCCC2C1.C1=CCC=CC1.C1=CCCC1.C1=CCCC=C1.C1=CCCCC1.C1CC1.C1CC2CC(C1)C2.C1CC2CC12.C1CC2CC2C1.C1CC2CCC1C2.C1CC2CCC1CC2.C1CC2CCCC2C1.C1CCC1.C1CCC2CCCC2C1.C1CCC2CCCCC2C1.C1CCCC1.C1CCCCC1.C1CCCCCC1.C1CCCCCCC1. The molecule has 0 heterocycles. The molecular formula is C132H228. The van der Waals surface area contributed by atoms with E-state index in [1.165, 1.54) is 463 Å². The summed E-state index contributed by atoms with van der Waals surface area (Å²) in [5.74, 6) is 22.9. The summed E-state index contributed by atoms with van der Waals surface area (Å²) in [6, 6.07) is 0. The smallest absolute Gasteiger partial charge is 0.0169 e. The van der Waals surface area contributed by atoms with Crippen molar-refractivity contribution in [3.8, 4) is 0 Å². The van der Waals surface area contributed by atoms with Crippen LogP contribution in [0.3, 0.4) is 0 Å². The maximum Gasteiger partial charge on any atom is -0.0169 e. The number of rotatable bonds is 0. The molecule has 0 amide bonds. The van der Waals surface area contributed by atoms with Crippen LogP contribution in [0.2, 0.25) is 0 Å². The average molecular weight is 1820 g/mol. The fourth-order valence-corrected chi connectivity index (χ4v) is 28.6. The molecule has 8 bridgehead atoms. The molecule has 0 saturated heterocycles. The summed E-state index contributed by atoms with van der Waals surface area (Å²) in [7, 11) is 0. The van der Waals surface area contributed by atoms with Gasteiger partial charge >= 0.3 is 0 Å². The standard InChI is InChI=1S/C10H18.C9H16.C9H14.2C8H14.C8H16.C7H12.C7H10.C7H12.C7H14.C6H10.C6H12.C6H10.2C6H8.C5H8.C5H10.C5H8.C4H8.C3H6/c1-2-6-10-8-4-3-7-9(10)5-1;2*1-2-5-9-7-3-6-8(9)4-1;1-3-7-5-2-6-8(7)4-1;1-2-8-5-3-7(1)4-6-8;1-2-4-6-8-7-5-3-1;2*1-2-7-4-3-6(1)5-7;1-2-6-4-7(3-1)5-6;1-2-4-6-7-5-3-1;1-2-5-4-6(5)3-1;4*1-2-4-6-5-3-1;1-2-5-3-4(1)5;2*1-2-4-5-3-1;1-2-4-3-1;1-2-3-1/h9-10H,1-8H2;8-9H,1-7H2;3,6,8-9H,1-2,4-5,7H2;2*7-8H,1-6H2;1-8H2;6-7H,1-5H2;1-2,6-7H,3-5H2;6-7H,1-5H2;1-7H2;5-6H,1-4H2;1-6H2;1-2H,3-6H2;1-2,5-6H,3-4H2;1-4H,5-6H2;4-5H,1-3H2;1-5H2;1-2H,3-5H2;1-4H2;1-3H2. The number of hydrogen-bond donors (Lipinski definition) is 0. The molecule has 0 spiro atoms. The summed E-state index contributed by atoms with van der Waals surface area (Å²) in [5, 5.41) is 0. The number of fused-ring (bicyclic) bond motifs is 15. The fraction of sp³-hybridized carbons (Fsp3) is 0.879. The van der Waals surface area contributed by atoms with Gasteiger partial charge in [0.25, 0.3) is 0 Å². The van der Waals surface area contributed by atoms with E-state index < -0.39 is 0 Å². The second-order valence-electron chi connectivity index (χ2n) is 49.7. The lowest BCUT2D eigenvalue weighted by Gasteiger charge is -2.40. The number of hydrogen-bond acceptors (Lipinski definition) is 0. The maximum absolute atomic E-state index is 2.43. The van der Waals surface area contributed by atoms with Crippen molar-refractivity contribution < 1.29 is 0 Å². The normalized spacial score (nSPS) is 35.8. The Labute approximate surface area is 826 Å². The van der Waals surface area contributed by atoms with Crippen LogP contribution in [0.4, 0.5) is 0 Å². The molecule has 0 nitrogen and oxygen atoms in total. The van der Waals surface area contributed by atoms with Crippen LogP contribution < -0.4 is 0 Å². The summed E-state index contributed by atoms with van der Waals surface area (Å²) in [4.78, 5) is 0. The van der Waals surface area contributed by atoms with Gasteiger partial charge in [0.1, 0.15) is 0 Å². The first kappa shape index (κ1) is 110. The monoisotopic (exact) mass is 1810 g/mol. The molecule has 26 fully saturated rings. The molecule has 32 aliphatic rings. The van der Waals surface area contributed by atoms with Crippen LogP contribution in [0, 0.1) is 118 Å². The zero-order valence-corrected chi connectivity index (χ0v) is 88.7. The molecule has 0 aliphatic heterocycles. The van der Waals surface area contributed by atoms with Gasteiger partial charge in [-0.05, 0) is 272 Å². The van der Waals surface area contributed by atoms with Gasteiger partial charge in [0.15, 0.2) is 0 Å². The second-order valence-corrected chi connectivity index (χ2v) is 49.7. The molecule has 26 saturated carbocycles. The van der Waals surface area contributed by atoms with E-state index in [2.05, 4.69) is 97.2 Å². The molecule has 10 unspecified atom stereocenters. The van der Waals surface area contributed by atoms with Gasteiger partial charge in [0, 0.05) is 0 Å². The Morgan fingerprint density at radius 1 is 0.121 bits per heavy atom. The van der Waals surface area contributed by atoms with Gasteiger partial charge in [-0.3, -0.25) is 0 Å². The minimum absolute atomic E-state index is 0.985. The predicted molar refractivity (Wildman–Crippen MR) is 586 cm³/mol. The minimum atomic E-state index is 0.985. The topological polar surface area (TPSA) is 0 Å². The van der Waals surface area contributed by atoms with Crippen LogP contribution in [0.1, 0.15) is 616 Å². The van der Waals surface area contributed by atoms with E-state index in [9.17, 15) is 0 Å². The van der Waals surface area contributed by atoms with Gasteiger partial charge in [0.2, 0.25) is 0 Å². The highest BCUT2D eigenvalue weighted by Crippen LogP contribution is 2.56. The highest BCUT2D eigenvalue weighted by Gasteiger charge is 2.45. The van der Waals surface area contributed by atoms with Crippen molar-refractivity contribution in [1.82, 2.24) is 0 Å². The highest BCUT2D eigenvalue weighted by molar-refractivity contribution is 5.08. The Hall–Kier alpha value is -2.08. The van der Waals surface area contributed by atoms with Crippen LogP contribution in [-0.2, 0) is 0 Å². The first-order chi connectivity index (χ1) is 65.6. The van der Waals surface area contributed by atoms with Gasteiger partial charge in [-0.2, -0.15) is 0 Å². The Kier molecular flexibility index (Phi) is 61.1. The van der Waals surface area contributed by atoms with Crippen molar-refractivity contribution in [1.29, 1.82) is 0 Å². The Morgan fingerprint density at radius 2 is 0.371 bits per heavy atom. The Morgan fingerprint density at radius 3 is 0.538 bits per heavy atom. The molecule has 756 valence electrons. The fourth-order valence-electron chi connectivity index (χ4n) is 28.6. The van der Waals surface area contributed by atoms with Crippen molar-refractivity contribution in [2.24, 2.45) is 118 Å². The van der Waals surface area contributed by atoms with Crippen LogP contribution >= 0.6 is 0 Å². The van der Waals surface area contributed by atoms with Gasteiger partial charge < -0.3 is 0 Å². The van der Waals surface area contributed by atoms with Crippen molar-refractivity contribution >= 4 is 0 Å². The highest BCUT2D eigenvalue weighted by atomic mass is 14.5. The van der Waals surface area contributed by atoms with Gasteiger partial charge in [-0.25, -0.2) is 0 Å². The summed E-state index contributed by atoms with van der Waals surface area (Å²) in [6.45, 7) is 0. The number of allylic oxidation sites excluding steroid dienone is 16. The van der Waals surface area contributed by atoms with E-state index in [1.54, 1.807) is 212 Å². The quantitative estimate of drug-likeness (QED) is 0.168. The molecule has 0 aromatic rings. The zero-order valence-electron chi connectivity index (χ0n) is 88.7. The van der Waals surface area contributed by atoms with E-state index in [0.29, 0.717) is 0 Å². The minimum Gasteiger partial charge on any atom is -0.0885 e. The van der Waals surface area contributed by atoms with Crippen molar-refractivity contribution in [3.05, 3.63) is 97.2 Å². The zero-order chi connectivity index (χ0) is 90.7. The lowest BCUT2D eigenvalue weighted by atomic mass is 9.65. The predicted octanol–water partition coefficient (Wildman–Crippen LogP) is 44.4. The molecule has 0 N–H and O–H groups in total. The first-order valence-electron chi connectivity index (χ1n) is 62.9. The lowest BCUT2D eigenvalue weighted by molar-refractivity contribution is 0.116. The third kappa shape index (κ3) is 51.6. The van der Waals surface area contributed by atoms with E-state index in [4.69, 9.17) is 0 Å². The molecular weight excluding hydrogens is 1590 g/mol. The van der Waals surface area contributed by atoms with Crippen LogP contribution in [0.5, 0.6) is 0 Å². The van der Waals surface area contributed by atoms with Crippen LogP contribution in [0.15, 0.2) is 97.2 Å². The molecule has 10 atom stereocenters. The first-order valence-corrected chi connectivity index (χ1v) is 62.9. The largest absolute Gasteiger partial charge is 0.0885 e. The van der Waals surface area contributed by atoms with Gasteiger partial charge in [0.05, 0.1) is 0 Å². The van der Waals surface area contributed by atoms with Crippen molar-refractivity contribution in [3.63, 3.8) is 0 Å². The van der Waals surface area contributed by atoms with E-state index in [0.717, 1.165) is 60.2 Å². The molecule has 32 aliphatic carbocycles. The summed E-state index contributed by atoms with van der Waals surface area (Å²) in [6.07, 6.45) is 180. The second kappa shape index (κ2) is 73.1. The maximum atomic E-state index is 2.43. The molecule has 0 heteroatoms. The Bertz CT molecular complexity index is 2660. The summed E-state index contributed by atoms with van der Waals surface area (Å²) in [5.41, 5.74) is 0. The molecule has 32 rings (SSSR count). The van der Waals surface area contributed by atoms with Gasteiger partial charge in [-0.1, -0.05) is 560 Å². The summed E-state index contributed by atoms with van der Waals surface area (Å²) >= 11 is 0. The molecule has 0 aromatic heterocycles. The van der Waals surface area contributed by atoms with Crippen molar-refractivity contribution in [2.45, 2.75) is 616 Å². The third-order valence-corrected chi connectivity index (χ3v) is 38.6. The average Bonchev–Trinajstić information content (AvgIpc) is 1.64. The van der Waals surface area contributed by atoms with E-state index in [1.807, 2.05) is 0 Å². The van der Waals surface area contributed by atoms with E-state index in [-0.39, 0.29) is 0 Å². The lowest BCUT2D eigenvalue weighted by Crippen LogP contribution is -2.28. The van der Waals surface area contributed by atoms with Gasteiger partial charge in [-0.15, -0.1) is 0 Å². The van der Waals surface area contributed by atoms with Crippen LogP contribution in [0.25, 0.3) is 0 Å². The van der Waals surface area contributed by atoms with E-state index >= 15 is 0 Å². The Balaban J connectivity index is 0.000000135. The van der Waals surface area contributed by atoms with Crippen molar-refractivity contribution in [2.75, 3.05) is 0 Å². The molecule has 0 radical (unpaired) electrons. The third-order valence-electron chi connectivity index (χ3n) is 38.6. The molecule has 132 heavy (non-hydrogen) atoms. The van der Waals surface area contributed by atoms with Crippen LogP contribution in [-0.4, -0.2) is 0 Å². The molecule has 0 aromatic carbocycles. The summed E-state index contributed by atoms with van der Waals surface area (Å²) < 4.78 is 0.